The number of pyridine rings is 1. The van der Waals surface area contributed by atoms with Crippen molar-refractivity contribution in [3.63, 3.8) is 0 Å². The fourth-order valence-corrected chi connectivity index (χ4v) is 7.23. The lowest BCUT2D eigenvalue weighted by molar-refractivity contribution is 0.0988. The Labute approximate surface area is 181 Å². The molecule has 2 heterocycles. The van der Waals surface area contributed by atoms with Crippen molar-refractivity contribution in [2.24, 2.45) is 10.7 Å². The number of benzene rings is 1. The molecule has 2 aromatic rings. The number of carbonyl (C=O) groups is 1. The number of ketones is 1. The average molecular weight is 444 g/mol. The normalized spacial score (nSPS) is 24.2. The van der Waals surface area contributed by atoms with Crippen LogP contribution in [0, 0.1) is 12.7 Å². The lowest BCUT2D eigenvalue weighted by Crippen LogP contribution is -2.56. The molecule has 0 saturated heterocycles. The minimum Gasteiger partial charge on any atom is -0.386 e. The van der Waals surface area contributed by atoms with E-state index in [1.54, 1.807) is 25.3 Å². The molecule has 1 saturated carbocycles. The first-order chi connectivity index (χ1) is 14.6. The SMILES string of the molecule is Cc1ccc(C(=O)Cc2ccc(F)c([C@]3(C)CS(=O)(=O)C4(CCCC4)C(N)=N3)c2)nc1. The number of nitrogens with zero attached hydrogens (tertiary/aromatic N) is 2. The van der Waals surface area contributed by atoms with E-state index in [2.05, 4.69) is 9.98 Å². The Morgan fingerprint density at radius 1 is 1.19 bits per heavy atom. The summed E-state index contributed by atoms with van der Waals surface area (Å²) in [5.74, 6) is -1.01. The maximum atomic E-state index is 14.8. The number of amidine groups is 1. The Hall–Kier alpha value is -2.61. The molecule has 1 atom stereocenters. The van der Waals surface area contributed by atoms with Gasteiger partial charge in [-0.2, -0.15) is 0 Å². The van der Waals surface area contributed by atoms with Gasteiger partial charge in [-0.05, 0) is 56.0 Å². The van der Waals surface area contributed by atoms with Crippen molar-refractivity contribution in [3.05, 3.63) is 64.7 Å². The highest BCUT2D eigenvalue weighted by molar-refractivity contribution is 7.93. The maximum Gasteiger partial charge on any atom is 0.185 e. The molecule has 31 heavy (non-hydrogen) atoms. The van der Waals surface area contributed by atoms with Gasteiger partial charge in [0.15, 0.2) is 15.6 Å². The number of Topliss-reactive ketones (excluding diaryl/α,β-unsaturated/α-hetero) is 1. The summed E-state index contributed by atoms with van der Waals surface area (Å²) in [5.41, 5.74) is 6.84. The molecule has 1 fully saturated rings. The van der Waals surface area contributed by atoms with E-state index in [4.69, 9.17) is 5.73 Å². The summed E-state index contributed by atoms with van der Waals surface area (Å²) in [6.07, 6.45) is 4.13. The Morgan fingerprint density at radius 3 is 2.52 bits per heavy atom. The number of halogens is 1. The van der Waals surface area contributed by atoms with Crippen molar-refractivity contribution in [1.82, 2.24) is 4.98 Å². The van der Waals surface area contributed by atoms with E-state index in [-0.39, 0.29) is 29.4 Å². The highest BCUT2D eigenvalue weighted by atomic mass is 32.2. The Bertz CT molecular complexity index is 1170. The number of sulfone groups is 1. The highest BCUT2D eigenvalue weighted by Crippen LogP contribution is 2.45. The fourth-order valence-electron chi connectivity index (χ4n) is 4.72. The molecule has 1 spiro atoms. The van der Waals surface area contributed by atoms with E-state index in [1.165, 1.54) is 18.2 Å². The van der Waals surface area contributed by atoms with Crippen LogP contribution in [0.25, 0.3) is 0 Å². The molecule has 2 N–H and O–H groups in total. The van der Waals surface area contributed by atoms with Gasteiger partial charge in [-0.3, -0.25) is 14.8 Å². The summed E-state index contributed by atoms with van der Waals surface area (Å²) in [6.45, 7) is 3.47. The van der Waals surface area contributed by atoms with E-state index in [0.29, 0.717) is 24.1 Å². The number of aliphatic imine (C=N–C) groups is 1. The first-order valence-corrected chi connectivity index (χ1v) is 12.0. The summed E-state index contributed by atoms with van der Waals surface area (Å²) in [6, 6.07) is 7.77. The predicted octanol–water partition coefficient (Wildman–Crippen LogP) is 3.27. The zero-order valence-electron chi connectivity index (χ0n) is 17.7. The Kier molecular flexibility index (Phi) is 5.24. The first-order valence-electron chi connectivity index (χ1n) is 10.4. The zero-order valence-corrected chi connectivity index (χ0v) is 18.5. The molecule has 1 aliphatic carbocycles. The minimum atomic E-state index is -3.63. The second-order valence-electron chi connectivity index (χ2n) is 8.87. The highest BCUT2D eigenvalue weighted by Gasteiger charge is 2.55. The monoisotopic (exact) mass is 443 g/mol. The number of rotatable bonds is 4. The van der Waals surface area contributed by atoms with Crippen molar-refractivity contribution in [3.8, 4) is 0 Å². The van der Waals surface area contributed by atoms with Crippen LogP contribution in [0.4, 0.5) is 4.39 Å². The third-order valence-corrected chi connectivity index (χ3v) is 9.23. The van der Waals surface area contributed by atoms with Gasteiger partial charge in [0.25, 0.3) is 0 Å². The lowest BCUT2D eigenvalue weighted by atomic mass is 9.90. The Morgan fingerprint density at radius 2 is 1.90 bits per heavy atom. The lowest BCUT2D eigenvalue weighted by Gasteiger charge is -2.39. The van der Waals surface area contributed by atoms with E-state index in [0.717, 1.165) is 18.4 Å². The van der Waals surface area contributed by atoms with Crippen LogP contribution in [0.2, 0.25) is 0 Å². The molecule has 6 nitrogen and oxygen atoms in total. The quantitative estimate of drug-likeness (QED) is 0.731. The Balaban J connectivity index is 1.69. The summed E-state index contributed by atoms with van der Waals surface area (Å²) < 4.78 is 40.2. The smallest absolute Gasteiger partial charge is 0.185 e. The van der Waals surface area contributed by atoms with Crippen LogP contribution >= 0.6 is 0 Å². The van der Waals surface area contributed by atoms with E-state index in [9.17, 15) is 17.6 Å². The van der Waals surface area contributed by atoms with Crippen LogP contribution in [0.1, 0.15) is 59.8 Å². The topological polar surface area (TPSA) is 102 Å². The molecule has 164 valence electrons. The average Bonchev–Trinajstić information content (AvgIpc) is 3.20. The molecule has 2 aliphatic rings. The number of hydrogen-bond acceptors (Lipinski definition) is 6. The van der Waals surface area contributed by atoms with E-state index in [1.807, 2.05) is 6.92 Å². The van der Waals surface area contributed by atoms with Crippen molar-refractivity contribution < 1.29 is 17.6 Å². The van der Waals surface area contributed by atoms with Crippen molar-refractivity contribution >= 4 is 21.5 Å². The van der Waals surface area contributed by atoms with Crippen LogP contribution in [0.5, 0.6) is 0 Å². The molecule has 0 amide bonds. The van der Waals surface area contributed by atoms with Crippen molar-refractivity contribution in [1.29, 1.82) is 0 Å². The third-order valence-electron chi connectivity index (χ3n) is 6.48. The van der Waals surface area contributed by atoms with Gasteiger partial charge in [-0.25, -0.2) is 12.8 Å². The molecule has 1 aromatic heterocycles. The maximum absolute atomic E-state index is 14.8. The molecule has 8 heteroatoms. The van der Waals surface area contributed by atoms with Crippen LogP contribution in [0.15, 0.2) is 41.5 Å². The number of aromatic nitrogens is 1. The van der Waals surface area contributed by atoms with E-state index >= 15 is 0 Å². The van der Waals surface area contributed by atoms with Crippen molar-refractivity contribution in [2.45, 2.75) is 56.2 Å². The number of aryl methyl sites for hydroxylation is 1. The van der Waals surface area contributed by atoms with Crippen LogP contribution in [-0.2, 0) is 21.8 Å². The van der Waals surface area contributed by atoms with Gasteiger partial charge in [0.1, 0.15) is 27.6 Å². The first kappa shape index (κ1) is 21.6. The van der Waals surface area contributed by atoms with Gasteiger partial charge in [-0.15, -0.1) is 0 Å². The molecular weight excluding hydrogens is 417 g/mol. The van der Waals surface area contributed by atoms with Crippen molar-refractivity contribution in [2.75, 3.05) is 5.75 Å². The molecule has 0 bridgehead atoms. The van der Waals surface area contributed by atoms with Gasteiger partial charge < -0.3 is 5.73 Å². The fraction of sp³-hybridized carbons (Fsp3) is 0.435. The van der Waals surface area contributed by atoms with Crippen LogP contribution in [-0.4, -0.2) is 35.5 Å². The second-order valence-corrected chi connectivity index (χ2v) is 11.2. The van der Waals surface area contributed by atoms with Crippen LogP contribution < -0.4 is 5.73 Å². The van der Waals surface area contributed by atoms with Gasteiger partial charge in [0.05, 0.1) is 5.75 Å². The number of nitrogens with two attached hydrogens (primary N) is 1. The molecule has 0 unspecified atom stereocenters. The van der Waals surface area contributed by atoms with Gasteiger partial charge in [-0.1, -0.05) is 25.0 Å². The molecular formula is C23H26FN3O3S. The number of hydrogen-bond donors (Lipinski definition) is 1. The largest absolute Gasteiger partial charge is 0.386 e. The standard InChI is InChI=1S/C23H26FN3O3S/c1-15-5-8-19(26-13-15)20(28)12-16-6-7-18(24)17(11-16)22(2)14-31(29,30)23(21(25)27-22)9-3-4-10-23/h5-8,11,13H,3-4,9-10,12,14H2,1-2H3,(H2,25,27)/t22-/m0/s1. The summed E-state index contributed by atoms with van der Waals surface area (Å²) >= 11 is 0. The minimum absolute atomic E-state index is 0.0231. The zero-order chi connectivity index (χ0) is 22.4. The molecule has 1 aromatic carbocycles. The molecule has 1 aliphatic heterocycles. The molecule has 4 rings (SSSR count). The predicted molar refractivity (Wildman–Crippen MR) is 117 cm³/mol. The van der Waals surface area contributed by atoms with Crippen LogP contribution in [0.3, 0.4) is 0 Å². The van der Waals surface area contributed by atoms with Gasteiger partial charge in [0, 0.05) is 18.2 Å². The third kappa shape index (κ3) is 3.67. The number of carbonyl (C=O) groups excluding carboxylic acids is 1. The van der Waals surface area contributed by atoms with Gasteiger partial charge >= 0.3 is 0 Å². The summed E-state index contributed by atoms with van der Waals surface area (Å²) in [5, 5.41) is 0. The molecule has 0 radical (unpaired) electrons. The summed E-state index contributed by atoms with van der Waals surface area (Å²) in [7, 11) is -3.63. The van der Waals surface area contributed by atoms with Gasteiger partial charge in [0.2, 0.25) is 0 Å². The second kappa shape index (κ2) is 7.51. The summed E-state index contributed by atoms with van der Waals surface area (Å²) in [4.78, 5) is 21.3. The van der Waals surface area contributed by atoms with E-state index < -0.39 is 25.9 Å².